The van der Waals surface area contributed by atoms with Crippen molar-refractivity contribution in [2.75, 3.05) is 26.7 Å². The quantitative estimate of drug-likeness (QED) is 0.765. The first-order valence-corrected chi connectivity index (χ1v) is 6.71. The Morgan fingerprint density at radius 2 is 2.29 bits per heavy atom. The molecule has 4 heteroatoms. The number of amides is 1. The van der Waals surface area contributed by atoms with Gasteiger partial charge in [-0.3, -0.25) is 4.79 Å². The summed E-state index contributed by atoms with van der Waals surface area (Å²) < 4.78 is 5.65. The molecular weight excluding hydrogens is 216 g/mol. The molecule has 0 aromatic rings. The average molecular weight is 242 g/mol. The van der Waals surface area contributed by atoms with Crippen molar-refractivity contribution in [3.05, 3.63) is 0 Å². The maximum atomic E-state index is 12.1. The van der Waals surface area contributed by atoms with Gasteiger partial charge in [0.1, 0.15) is 0 Å². The Balaban J connectivity index is 2.29. The molecule has 1 amide bonds. The highest BCUT2D eigenvalue weighted by atomic mass is 16.5. The van der Waals surface area contributed by atoms with Gasteiger partial charge in [0.15, 0.2) is 0 Å². The normalized spacial score (nSPS) is 22.2. The second-order valence-electron chi connectivity index (χ2n) is 5.04. The van der Waals surface area contributed by atoms with Crippen LogP contribution in [0.5, 0.6) is 0 Å². The average Bonchev–Trinajstić information content (AvgIpc) is 2.36. The zero-order valence-corrected chi connectivity index (χ0v) is 11.2. The minimum Gasteiger partial charge on any atom is -0.376 e. The SMILES string of the molecule is CC(CCCN)C(=O)N(C)CC1CCCCO1. The highest BCUT2D eigenvalue weighted by Crippen LogP contribution is 2.15. The summed E-state index contributed by atoms with van der Waals surface area (Å²) in [5.41, 5.74) is 5.46. The second kappa shape index (κ2) is 7.67. The number of nitrogens with zero attached hydrogens (tertiary/aromatic N) is 1. The Morgan fingerprint density at radius 1 is 1.53 bits per heavy atom. The lowest BCUT2D eigenvalue weighted by Gasteiger charge is -2.29. The molecule has 1 aliphatic heterocycles. The van der Waals surface area contributed by atoms with E-state index in [4.69, 9.17) is 10.5 Å². The molecule has 2 atom stereocenters. The van der Waals surface area contributed by atoms with Gasteiger partial charge in [-0.1, -0.05) is 6.92 Å². The maximum absolute atomic E-state index is 12.1. The van der Waals surface area contributed by atoms with Crippen LogP contribution in [0.15, 0.2) is 0 Å². The lowest BCUT2D eigenvalue weighted by molar-refractivity contribution is -0.136. The first-order chi connectivity index (χ1) is 8.15. The molecular formula is C13H26N2O2. The van der Waals surface area contributed by atoms with E-state index >= 15 is 0 Å². The molecule has 0 bridgehead atoms. The van der Waals surface area contributed by atoms with Crippen molar-refractivity contribution >= 4 is 5.91 Å². The highest BCUT2D eigenvalue weighted by Gasteiger charge is 2.21. The Hall–Kier alpha value is -0.610. The third kappa shape index (κ3) is 5.04. The van der Waals surface area contributed by atoms with Gasteiger partial charge >= 0.3 is 0 Å². The molecule has 17 heavy (non-hydrogen) atoms. The van der Waals surface area contributed by atoms with Crippen molar-refractivity contribution in [3.63, 3.8) is 0 Å². The summed E-state index contributed by atoms with van der Waals surface area (Å²) >= 11 is 0. The number of rotatable bonds is 6. The molecule has 0 aromatic carbocycles. The minimum absolute atomic E-state index is 0.0761. The lowest BCUT2D eigenvalue weighted by Crippen LogP contribution is -2.39. The maximum Gasteiger partial charge on any atom is 0.225 e. The van der Waals surface area contributed by atoms with Crippen molar-refractivity contribution < 1.29 is 9.53 Å². The van der Waals surface area contributed by atoms with Crippen molar-refractivity contribution in [1.29, 1.82) is 0 Å². The fourth-order valence-corrected chi connectivity index (χ4v) is 2.27. The van der Waals surface area contributed by atoms with Crippen LogP contribution in [0.2, 0.25) is 0 Å². The molecule has 1 aliphatic rings. The number of carbonyl (C=O) groups excluding carboxylic acids is 1. The largest absolute Gasteiger partial charge is 0.376 e. The summed E-state index contributed by atoms with van der Waals surface area (Å²) in [4.78, 5) is 13.9. The van der Waals surface area contributed by atoms with Crippen LogP contribution >= 0.6 is 0 Å². The monoisotopic (exact) mass is 242 g/mol. The van der Waals surface area contributed by atoms with Gasteiger partial charge in [0.05, 0.1) is 6.10 Å². The zero-order chi connectivity index (χ0) is 12.7. The van der Waals surface area contributed by atoms with Crippen LogP contribution in [0, 0.1) is 5.92 Å². The van der Waals surface area contributed by atoms with E-state index in [-0.39, 0.29) is 17.9 Å². The van der Waals surface area contributed by atoms with Gasteiger partial charge in [0, 0.05) is 26.1 Å². The smallest absolute Gasteiger partial charge is 0.225 e. The van der Waals surface area contributed by atoms with E-state index in [0.717, 1.165) is 38.8 Å². The predicted octanol–water partition coefficient (Wildman–Crippen LogP) is 1.39. The van der Waals surface area contributed by atoms with Gasteiger partial charge in [-0.2, -0.15) is 0 Å². The first-order valence-electron chi connectivity index (χ1n) is 6.71. The van der Waals surface area contributed by atoms with E-state index in [1.807, 2.05) is 18.9 Å². The topological polar surface area (TPSA) is 55.6 Å². The van der Waals surface area contributed by atoms with E-state index in [1.165, 1.54) is 6.42 Å². The molecule has 0 aromatic heterocycles. The molecule has 1 heterocycles. The third-order valence-electron chi connectivity index (χ3n) is 3.39. The zero-order valence-electron chi connectivity index (χ0n) is 11.2. The van der Waals surface area contributed by atoms with Gasteiger partial charge in [-0.05, 0) is 38.6 Å². The summed E-state index contributed by atoms with van der Waals surface area (Å²) in [5.74, 6) is 0.291. The van der Waals surface area contributed by atoms with Crippen molar-refractivity contribution in [2.45, 2.75) is 45.1 Å². The van der Waals surface area contributed by atoms with Crippen LogP contribution < -0.4 is 5.73 Å². The van der Waals surface area contributed by atoms with Gasteiger partial charge in [0.25, 0.3) is 0 Å². The number of ether oxygens (including phenoxy) is 1. The second-order valence-corrected chi connectivity index (χ2v) is 5.04. The number of hydrogen-bond acceptors (Lipinski definition) is 3. The Labute approximate surface area is 104 Å². The van der Waals surface area contributed by atoms with Gasteiger partial charge in [-0.15, -0.1) is 0 Å². The Kier molecular flexibility index (Phi) is 6.52. The van der Waals surface area contributed by atoms with Crippen LogP contribution in [0.3, 0.4) is 0 Å². The van der Waals surface area contributed by atoms with Crippen LogP contribution in [0.4, 0.5) is 0 Å². The summed E-state index contributed by atoms with van der Waals surface area (Å²) in [7, 11) is 1.87. The van der Waals surface area contributed by atoms with Crippen LogP contribution in [0.25, 0.3) is 0 Å². The molecule has 0 aliphatic carbocycles. The molecule has 4 nitrogen and oxygen atoms in total. The van der Waals surface area contributed by atoms with Crippen LogP contribution in [-0.4, -0.2) is 43.7 Å². The Bertz CT molecular complexity index is 227. The van der Waals surface area contributed by atoms with E-state index in [2.05, 4.69) is 0 Å². The molecule has 2 N–H and O–H groups in total. The van der Waals surface area contributed by atoms with E-state index in [9.17, 15) is 4.79 Å². The molecule has 0 spiro atoms. The molecule has 2 unspecified atom stereocenters. The lowest BCUT2D eigenvalue weighted by atomic mass is 10.0. The third-order valence-corrected chi connectivity index (χ3v) is 3.39. The summed E-state index contributed by atoms with van der Waals surface area (Å²) in [6, 6.07) is 0. The van der Waals surface area contributed by atoms with Crippen LogP contribution in [0.1, 0.15) is 39.0 Å². The summed E-state index contributed by atoms with van der Waals surface area (Å²) in [6.45, 7) is 4.21. The van der Waals surface area contributed by atoms with Gasteiger partial charge in [0.2, 0.25) is 5.91 Å². The van der Waals surface area contributed by atoms with Crippen molar-refractivity contribution in [2.24, 2.45) is 11.7 Å². The molecule has 0 saturated carbocycles. The molecule has 0 radical (unpaired) electrons. The number of likely N-dealkylation sites (N-methyl/N-ethyl adjacent to an activating group) is 1. The number of carbonyl (C=O) groups is 1. The van der Waals surface area contributed by atoms with E-state index < -0.39 is 0 Å². The summed E-state index contributed by atoms with van der Waals surface area (Å²) in [6.07, 6.45) is 5.48. The van der Waals surface area contributed by atoms with Crippen LogP contribution in [-0.2, 0) is 9.53 Å². The highest BCUT2D eigenvalue weighted by molar-refractivity contribution is 5.78. The fourth-order valence-electron chi connectivity index (χ4n) is 2.27. The van der Waals surface area contributed by atoms with E-state index in [1.54, 1.807) is 0 Å². The summed E-state index contributed by atoms with van der Waals surface area (Å²) in [5, 5.41) is 0. The van der Waals surface area contributed by atoms with Gasteiger partial charge < -0.3 is 15.4 Å². The van der Waals surface area contributed by atoms with Crippen molar-refractivity contribution in [3.8, 4) is 0 Å². The Morgan fingerprint density at radius 3 is 2.88 bits per heavy atom. The molecule has 1 saturated heterocycles. The number of hydrogen-bond donors (Lipinski definition) is 1. The first kappa shape index (κ1) is 14.5. The van der Waals surface area contributed by atoms with E-state index in [0.29, 0.717) is 6.54 Å². The van der Waals surface area contributed by atoms with Crippen molar-refractivity contribution in [1.82, 2.24) is 4.90 Å². The molecule has 1 rings (SSSR count). The molecule has 1 fully saturated rings. The number of nitrogens with two attached hydrogens (primary N) is 1. The minimum atomic E-state index is 0.0761. The molecule has 100 valence electrons. The fraction of sp³-hybridized carbons (Fsp3) is 0.923. The standard InChI is InChI=1S/C13H26N2O2/c1-11(6-5-8-14)13(16)15(2)10-12-7-3-4-9-17-12/h11-12H,3-10,14H2,1-2H3. The predicted molar refractivity (Wildman–Crippen MR) is 68.7 cm³/mol. The van der Waals surface area contributed by atoms with Gasteiger partial charge in [-0.25, -0.2) is 0 Å².